The van der Waals surface area contributed by atoms with Crippen molar-refractivity contribution in [2.45, 2.75) is 32.7 Å². The molecule has 0 radical (unpaired) electrons. The Labute approximate surface area is 154 Å². The number of pyridine rings is 2. The summed E-state index contributed by atoms with van der Waals surface area (Å²) in [4.78, 5) is 21.0. The maximum absolute atomic E-state index is 12.5. The van der Waals surface area contributed by atoms with E-state index in [0.717, 1.165) is 16.8 Å². The second kappa shape index (κ2) is 7.48. The molecule has 1 aromatic carbocycles. The van der Waals surface area contributed by atoms with Crippen molar-refractivity contribution in [2.75, 3.05) is 0 Å². The third kappa shape index (κ3) is 4.14. The molecule has 4 heteroatoms. The van der Waals surface area contributed by atoms with Crippen molar-refractivity contribution in [3.05, 3.63) is 83.8 Å². The molecule has 0 aliphatic carbocycles. The Morgan fingerprint density at radius 3 is 2.31 bits per heavy atom. The van der Waals surface area contributed by atoms with Gasteiger partial charge in [-0.25, -0.2) is 0 Å². The van der Waals surface area contributed by atoms with Crippen molar-refractivity contribution in [1.82, 2.24) is 15.3 Å². The number of amides is 1. The molecule has 0 bridgehead atoms. The number of carbonyl (C=O) groups is 1. The number of carbonyl (C=O) groups excluding carboxylic acids is 1. The topological polar surface area (TPSA) is 54.9 Å². The van der Waals surface area contributed by atoms with Gasteiger partial charge in [-0.1, -0.05) is 39.0 Å². The average molecular weight is 345 g/mol. The Hall–Kier alpha value is -3.01. The van der Waals surface area contributed by atoms with E-state index in [2.05, 4.69) is 36.1 Å². The summed E-state index contributed by atoms with van der Waals surface area (Å²) in [6.45, 7) is 6.90. The van der Waals surface area contributed by atoms with E-state index in [9.17, 15) is 4.79 Å². The molecule has 2 heterocycles. The number of hydrogen-bond acceptors (Lipinski definition) is 3. The fourth-order valence-electron chi connectivity index (χ4n) is 2.75. The first-order valence-corrected chi connectivity index (χ1v) is 8.68. The van der Waals surface area contributed by atoms with Crippen molar-refractivity contribution < 1.29 is 4.79 Å². The third-order valence-electron chi connectivity index (χ3n) is 4.30. The van der Waals surface area contributed by atoms with Crippen LogP contribution in [0.3, 0.4) is 0 Å². The lowest BCUT2D eigenvalue weighted by atomic mass is 9.87. The summed E-state index contributed by atoms with van der Waals surface area (Å²) in [6, 6.07) is 15.5. The molecule has 4 nitrogen and oxygen atoms in total. The zero-order chi connectivity index (χ0) is 18.6. The number of nitrogens with zero attached hydrogens (tertiary/aromatic N) is 2. The van der Waals surface area contributed by atoms with Gasteiger partial charge in [0.15, 0.2) is 0 Å². The van der Waals surface area contributed by atoms with E-state index in [-0.39, 0.29) is 11.3 Å². The first kappa shape index (κ1) is 17.8. The Bertz CT molecular complexity index is 881. The Kier molecular flexibility index (Phi) is 5.12. The van der Waals surface area contributed by atoms with Crippen LogP contribution < -0.4 is 5.32 Å². The summed E-state index contributed by atoms with van der Waals surface area (Å²) in [7, 11) is 0. The van der Waals surface area contributed by atoms with Gasteiger partial charge in [0.1, 0.15) is 0 Å². The Morgan fingerprint density at radius 1 is 0.962 bits per heavy atom. The first-order chi connectivity index (χ1) is 12.4. The van der Waals surface area contributed by atoms with Crippen LogP contribution >= 0.6 is 0 Å². The highest BCUT2D eigenvalue weighted by Crippen LogP contribution is 2.22. The van der Waals surface area contributed by atoms with Gasteiger partial charge < -0.3 is 5.32 Å². The largest absolute Gasteiger partial charge is 0.348 e. The second-order valence-electron chi connectivity index (χ2n) is 7.26. The molecule has 0 unspecified atom stereocenters. The number of rotatable bonds is 4. The Balaban J connectivity index is 1.73. The lowest BCUT2D eigenvalue weighted by Gasteiger charge is -2.19. The smallest absolute Gasteiger partial charge is 0.251 e. The monoisotopic (exact) mass is 345 g/mol. The van der Waals surface area contributed by atoms with Crippen LogP contribution in [0.2, 0.25) is 0 Å². The normalized spacial score (nSPS) is 11.2. The third-order valence-corrected chi connectivity index (χ3v) is 4.30. The van der Waals surface area contributed by atoms with E-state index in [1.54, 1.807) is 18.6 Å². The fourth-order valence-corrected chi connectivity index (χ4v) is 2.75. The van der Waals surface area contributed by atoms with Gasteiger partial charge in [0.25, 0.3) is 5.91 Å². The van der Waals surface area contributed by atoms with Crippen LogP contribution in [0.5, 0.6) is 0 Å². The van der Waals surface area contributed by atoms with Crippen LogP contribution in [-0.4, -0.2) is 15.9 Å². The molecule has 26 heavy (non-hydrogen) atoms. The molecule has 3 aromatic rings. The summed E-state index contributed by atoms with van der Waals surface area (Å²) < 4.78 is 0. The SMILES string of the molecule is CC(C)(C)c1ccc(C(=O)NCc2cccnc2-c2ccncc2)cc1. The van der Waals surface area contributed by atoms with Gasteiger partial charge in [-0.3, -0.25) is 14.8 Å². The van der Waals surface area contributed by atoms with Crippen LogP contribution in [-0.2, 0) is 12.0 Å². The number of nitrogens with one attached hydrogen (secondary N) is 1. The van der Waals surface area contributed by atoms with Crippen molar-refractivity contribution in [3.63, 3.8) is 0 Å². The zero-order valence-electron chi connectivity index (χ0n) is 15.4. The average Bonchev–Trinajstić information content (AvgIpc) is 2.66. The van der Waals surface area contributed by atoms with Crippen LogP contribution in [0.4, 0.5) is 0 Å². The highest BCUT2D eigenvalue weighted by Gasteiger charge is 2.14. The molecule has 0 atom stereocenters. The lowest BCUT2D eigenvalue weighted by molar-refractivity contribution is 0.0951. The van der Waals surface area contributed by atoms with Gasteiger partial charge in [-0.2, -0.15) is 0 Å². The van der Waals surface area contributed by atoms with Gasteiger partial charge in [0.05, 0.1) is 5.69 Å². The molecule has 0 saturated carbocycles. The van der Waals surface area contributed by atoms with Gasteiger partial charge in [0, 0.05) is 36.3 Å². The molecule has 3 rings (SSSR count). The zero-order valence-corrected chi connectivity index (χ0v) is 15.4. The predicted molar refractivity (Wildman–Crippen MR) is 104 cm³/mol. The summed E-state index contributed by atoms with van der Waals surface area (Å²) in [5, 5.41) is 2.99. The summed E-state index contributed by atoms with van der Waals surface area (Å²) in [5.41, 5.74) is 4.76. The molecular weight excluding hydrogens is 322 g/mol. The molecule has 1 amide bonds. The molecule has 0 aliphatic heterocycles. The highest BCUT2D eigenvalue weighted by atomic mass is 16.1. The number of aromatic nitrogens is 2. The molecule has 0 saturated heterocycles. The van der Waals surface area contributed by atoms with Crippen molar-refractivity contribution in [2.24, 2.45) is 0 Å². The van der Waals surface area contributed by atoms with E-state index in [1.807, 2.05) is 48.5 Å². The van der Waals surface area contributed by atoms with E-state index in [4.69, 9.17) is 0 Å². The van der Waals surface area contributed by atoms with Crippen molar-refractivity contribution in [1.29, 1.82) is 0 Å². The molecule has 132 valence electrons. The fraction of sp³-hybridized carbons (Fsp3) is 0.227. The van der Waals surface area contributed by atoms with Crippen molar-refractivity contribution >= 4 is 5.91 Å². The van der Waals surface area contributed by atoms with Gasteiger partial charge >= 0.3 is 0 Å². The molecule has 1 N–H and O–H groups in total. The minimum Gasteiger partial charge on any atom is -0.348 e. The summed E-state index contributed by atoms with van der Waals surface area (Å²) >= 11 is 0. The van der Waals surface area contributed by atoms with Crippen LogP contribution in [0.1, 0.15) is 42.3 Å². The molecular formula is C22H23N3O. The standard InChI is InChI=1S/C22H23N3O/c1-22(2,3)19-8-6-17(7-9-19)21(26)25-15-18-5-4-12-24-20(18)16-10-13-23-14-11-16/h4-14H,15H2,1-3H3,(H,25,26). The first-order valence-electron chi connectivity index (χ1n) is 8.68. The van der Waals surface area contributed by atoms with Crippen LogP contribution in [0, 0.1) is 0 Å². The van der Waals surface area contributed by atoms with E-state index >= 15 is 0 Å². The summed E-state index contributed by atoms with van der Waals surface area (Å²) in [6.07, 6.45) is 5.23. The van der Waals surface area contributed by atoms with E-state index in [1.165, 1.54) is 5.56 Å². The van der Waals surface area contributed by atoms with Gasteiger partial charge in [-0.05, 0) is 46.9 Å². The predicted octanol–water partition coefficient (Wildman–Crippen LogP) is 4.37. The Morgan fingerprint density at radius 2 is 1.65 bits per heavy atom. The minimum atomic E-state index is -0.0880. The highest BCUT2D eigenvalue weighted by molar-refractivity contribution is 5.94. The quantitative estimate of drug-likeness (QED) is 0.764. The molecule has 0 spiro atoms. The molecule has 2 aromatic heterocycles. The van der Waals surface area contributed by atoms with Crippen LogP contribution in [0.15, 0.2) is 67.1 Å². The molecule has 0 aliphatic rings. The maximum Gasteiger partial charge on any atom is 0.251 e. The van der Waals surface area contributed by atoms with Gasteiger partial charge in [-0.15, -0.1) is 0 Å². The number of hydrogen-bond donors (Lipinski definition) is 1. The van der Waals surface area contributed by atoms with Gasteiger partial charge in [0.2, 0.25) is 0 Å². The minimum absolute atomic E-state index is 0.0736. The van der Waals surface area contributed by atoms with Crippen molar-refractivity contribution in [3.8, 4) is 11.3 Å². The second-order valence-corrected chi connectivity index (χ2v) is 7.26. The van der Waals surface area contributed by atoms with Crippen LogP contribution in [0.25, 0.3) is 11.3 Å². The number of benzene rings is 1. The molecule has 0 fully saturated rings. The summed E-state index contributed by atoms with van der Waals surface area (Å²) in [5.74, 6) is -0.0880. The lowest BCUT2D eigenvalue weighted by Crippen LogP contribution is -2.23. The maximum atomic E-state index is 12.5. The van der Waals surface area contributed by atoms with E-state index in [0.29, 0.717) is 12.1 Å². The van der Waals surface area contributed by atoms with E-state index < -0.39 is 0 Å².